The number of furan rings is 1. The summed E-state index contributed by atoms with van der Waals surface area (Å²) in [5.41, 5.74) is 15.0. The molecule has 0 atom stereocenters. The van der Waals surface area contributed by atoms with E-state index in [0.717, 1.165) is 33.1 Å². The van der Waals surface area contributed by atoms with Crippen molar-refractivity contribution < 1.29 is 4.42 Å². The number of para-hydroxylation sites is 3. The van der Waals surface area contributed by atoms with Crippen LogP contribution in [0.1, 0.15) is 0 Å². The second-order valence-electron chi connectivity index (χ2n) is 15.2. The van der Waals surface area contributed by atoms with Crippen molar-refractivity contribution in [3.05, 3.63) is 212 Å². The summed E-state index contributed by atoms with van der Waals surface area (Å²) >= 11 is 0. The van der Waals surface area contributed by atoms with Crippen LogP contribution in [0.4, 0.5) is 0 Å². The van der Waals surface area contributed by atoms with Crippen LogP contribution < -0.4 is 0 Å². The average molecular weight is 738 g/mol. The van der Waals surface area contributed by atoms with Gasteiger partial charge in [0.2, 0.25) is 0 Å². The molecule has 0 radical (unpaired) electrons. The quantitative estimate of drug-likeness (QED) is 0.161. The van der Waals surface area contributed by atoms with Crippen LogP contribution in [0.2, 0.25) is 0 Å². The molecule has 58 heavy (non-hydrogen) atoms. The fraction of sp³-hybridized carbons (Fsp3) is 0. The summed E-state index contributed by atoms with van der Waals surface area (Å²) in [6.45, 7) is 0. The lowest BCUT2D eigenvalue weighted by molar-refractivity contribution is 0.669. The minimum atomic E-state index is 0.908. The Morgan fingerprint density at radius 3 is 1.38 bits per heavy atom. The molecule has 0 fully saturated rings. The molecule has 0 N–H and O–H groups in total. The summed E-state index contributed by atoms with van der Waals surface area (Å²) in [5, 5.41) is 9.75. The van der Waals surface area contributed by atoms with Crippen LogP contribution in [-0.4, -0.2) is 4.57 Å². The third-order valence-corrected chi connectivity index (χ3v) is 12.0. The second kappa shape index (κ2) is 12.9. The van der Waals surface area contributed by atoms with Crippen LogP contribution >= 0.6 is 0 Å². The molecule has 0 amide bonds. The molecule has 270 valence electrons. The van der Waals surface area contributed by atoms with Gasteiger partial charge in [0.25, 0.3) is 0 Å². The predicted molar refractivity (Wildman–Crippen MR) is 245 cm³/mol. The lowest BCUT2D eigenvalue weighted by atomic mass is 9.85. The van der Waals surface area contributed by atoms with Gasteiger partial charge in [-0.25, -0.2) is 0 Å². The summed E-state index contributed by atoms with van der Waals surface area (Å²) in [7, 11) is 0. The fourth-order valence-corrected chi connectivity index (χ4v) is 9.37. The molecule has 2 heterocycles. The smallest absolute Gasteiger partial charge is 0.136 e. The fourth-order valence-electron chi connectivity index (χ4n) is 9.37. The van der Waals surface area contributed by atoms with Crippen molar-refractivity contribution in [1.82, 2.24) is 4.57 Å². The highest BCUT2D eigenvalue weighted by Gasteiger charge is 2.19. The first-order valence-corrected chi connectivity index (χ1v) is 19.9. The average Bonchev–Trinajstić information content (AvgIpc) is 3.83. The Kier molecular flexibility index (Phi) is 7.26. The lowest BCUT2D eigenvalue weighted by Crippen LogP contribution is -1.93. The minimum Gasteiger partial charge on any atom is -0.456 e. The van der Waals surface area contributed by atoms with Crippen molar-refractivity contribution >= 4 is 65.3 Å². The summed E-state index contributed by atoms with van der Waals surface area (Å²) in [6, 6.07) is 77.1. The molecule has 0 spiro atoms. The number of hydrogen-bond acceptors (Lipinski definition) is 1. The highest BCUT2D eigenvalue weighted by atomic mass is 16.3. The van der Waals surface area contributed by atoms with Crippen LogP contribution in [0.25, 0.3) is 115 Å². The second-order valence-corrected chi connectivity index (χ2v) is 15.2. The number of aromatic nitrogens is 1. The molecular weight excluding hydrogens is 703 g/mol. The molecule has 0 aliphatic carbocycles. The zero-order valence-electron chi connectivity index (χ0n) is 31.6. The van der Waals surface area contributed by atoms with Crippen molar-refractivity contribution in [2.75, 3.05) is 0 Å². The maximum Gasteiger partial charge on any atom is 0.136 e. The molecule has 2 nitrogen and oxygen atoms in total. The molecule has 2 heteroatoms. The van der Waals surface area contributed by atoms with Gasteiger partial charge in [0.05, 0.1) is 11.0 Å². The topological polar surface area (TPSA) is 18.1 Å². The Bertz CT molecular complexity index is 3510. The van der Waals surface area contributed by atoms with Gasteiger partial charge in [-0.3, -0.25) is 0 Å². The Balaban J connectivity index is 1.01. The van der Waals surface area contributed by atoms with Gasteiger partial charge in [-0.05, 0) is 127 Å². The van der Waals surface area contributed by atoms with E-state index in [1.165, 1.54) is 82.4 Å². The van der Waals surface area contributed by atoms with E-state index in [9.17, 15) is 0 Å². The van der Waals surface area contributed by atoms with Gasteiger partial charge in [0, 0.05) is 27.2 Å². The largest absolute Gasteiger partial charge is 0.456 e. The van der Waals surface area contributed by atoms with Gasteiger partial charge < -0.3 is 8.98 Å². The van der Waals surface area contributed by atoms with Crippen molar-refractivity contribution in [3.8, 4) is 50.2 Å². The minimum absolute atomic E-state index is 0.908. The zero-order valence-corrected chi connectivity index (χ0v) is 31.6. The molecule has 0 bridgehead atoms. The van der Waals surface area contributed by atoms with Gasteiger partial charge in [0.1, 0.15) is 11.2 Å². The van der Waals surface area contributed by atoms with Crippen LogP contribution in [0.15, 0.2) is 217 Å². The van der Waals surface area contributed by atoms with E-state index >= 15 is 0 Å². The van der Waals surface area contributed by atoms with E-state index in [0.29, 0.717) is 0 Å². The van der Waals surface area contributed by atoms with Gasteiger partial charge in [-0.15, -0.1) is 0 Å². The number of nitrogens with zero attached hydrogens (tertiary/aromatic N) is 1. The van der Waals surface area contributed by atoms with Crippen LogP contribution in [0.5, 0.6) is 0 Å². The van der Waals surface area contributed by atoms with E-state index in [1.54, 1.807) is 0 Å². The standard InChI is InChI=1S/C56H35NO/c1-2-18-42(19-3-1)57-51-26-10-8-20-43(51)50-34-38(29-31-52(50)57)36-14-12-16-40(32-36)55-46-22-4-6-24-48(46)56(49-25-7-5-23-47(49)55)41-17-13-15-37(33-41)39-28-30-45-44-21-9-11-27-53(44)58-54(45)35-39/h1-35H. The van der Waals surface area contributed by atoms with E-state index < -0.39 is 0 Å². The molecule has 12 aromatic rings. The van der Waals surface area contributed by atoms with E-state index in [1.807, 2.05) is 12.1 Å². The lowest BCUT2D eigenvalue weighted by Gasteiger charge is -2.18. The van der Waals surface area contributed by atoms with Crippen molar-refractivity contribution in [2.24, 2.45) is 0 Å². The molecule has 0 saturated heterocycles. The maximum atomic E-state index is 6.29. The van der Waals surface area contributed by atoms with Gasteiger partial charge in [-0.1, -0.05) is 152 Å². The highest BCUT2D eigenvalue weighted by molar-refractivity contribution is 6.22. The zero-order chi connectivity index (χ0) is 38.2. The van der Waals surface area contributed by atoms with Crippen molar-refractivity contribution in [1.29, 1.82) is 0 Å². The summed E-state index contributed by atoms with van der Waals surface area (Å²) < 4.78 is 8.66. The van der Waals surface area contributed by atoms with Crippen molar-refractivity contribution in [3.63, 3.8) is 0 Å². The first kappa shape index (κ1) is 32.6. The third-order valence-electron chi connectivity index (χ3n) is 12.0. The Morgan fingerprint density at radius 1 is 0.259 bits per heavy atom. The summed E-state index contributed by atoms with van der Waals surface area (Å²) in [5.74, 6) is 0. The molecule has 0 aliphatic rings. The van der Waals surface area contributed by atoms with Crippen LogP contribution in [0.3, 0.4) is 0 Å². The summed E-state index contributed by atoms with van der Waals surface area (Å²) in [4.78, 5) is 0. The first-order valence-electron chi connectivity index (χ1n) is 19.9. The Morgan fingerprint density at radius 2 is 0.724 bits per heavy atom. The molecule has 10 aromatic carbocycles. The van der Waals surface area contributed by atoms with Gasteiger partial charge in [0.15, 0.2) is 0 Å². The van der Waals surface area contributed by atoms with Crippen molar-refractivity contribution in [2.45, 2.75) is 0 Å². The molecule has 0 saturated carbocycles. The first-order chi connectivity index (χ1) is 28.8. The van der Waals surface area contributed by atoms with Crippen LogP contribution in [0, 0.1) is 0 Å². The SMILES string of the molecule is c1ccc(-n2c3ccccc3c3cc(-c4cccc(-c5c6ccccc6c(-c6cccc(-c7ccc8c(c7)oc7ccccc78)c6)c6ccccc56)c4)ccc32)cc1. The monoisotopic (exact) mass is 737 g/mol. The number of fused-ring (bicyclic) bond motifs is 8. The third kappa shape index (κ3) is 5.05. The highest BCUT2D eigenvalue weighted by Crippen LogP contribution is 2.45. The van der Waals surface area contributed by atoms with Gasteiger partial charge in [-0.2, -0.15) is 0 Å². The molecule has 12 rings (SSSR count). The number of hydrogen-bond donors (Lipinski definition) is 0. The normalized spacial score (nSPS) is 11.8. The van der Waals surface area contributed by atoms with Crippen LogP contribution in [-0.2, 0) is 0 Å². The van der Waals surface area contributed by atoms with E-state index in [-0.39, 0.29) is 0 Å². The number of benzene rings is 10. The molecular formula is C56H35NO. The molecule has 2 aromatic heterocycles. The summed E-state index contributed by atoms with van der Waals surface area (Å²) in [6.07, 6.45) is 0. The van der Waals surface area contributed by atoms with E-state index in [2.05, 4.69) is 205 Å². The Hall–Kier alpha value is -7.68. The van der Waals surface area contributed by atoms with Gasteiger partial charge >= 0.3 is 0 Å². The number of rotatable bonds is 5. The van der Waals surface area contributed by atoms with E-state index in [4.69, 9.17) is 4.42 Å². The molecule has 0 unspecified atom stereocenters. The maximum absolute atomic E-state index is 6.29. The Labute approximate surface area is 335 Å². The predicted octanol–water partition coefficient (Wildman–Crippen LogP) is 15.7. The molecule has 0 aliphatic heterocycles.